The molecule has 16 nitrogen and oxygen atoms in total. The molecule has 0 bridgehead atoms. The second kappa shape index (κ2) is 19.4. The Morgan fingerprint density at radius 1 is 1.00 bits per heavy atom. The number of hydrogen-bond acceptors (Lipinski definition) is 15. The average Bonchev–Trinajstić information content (AvgIpc) is 3.17. The zero-order chi connectivity index (χ0) is 35.7. The van der Waals surface area contributed by atoms with Gasteiger partial charge in [0.2, 0.25) is 18.0 Å². The van der Waals surface area contributed by atoms with Gasteiger partial charge in [-0.1, -0.05) is 32.1 Å². The van der Waals surface area contributed by atoms with Crippen LogP contribution in [0.3, 0.4) is 0 Å². The molecule has 1 saturated carbocycles. The fourth-order valence-electron chi connectivity index (χ4n) is 6.82. The molecule has 4 aliphatic rings. The van der Waals surface area contributed by atoms with Crippen LogP contribution in [0.15, 0.2) is 0 Å². The topological polar surface area (TPSA) is 240 Å². The Bertz CT molecular complexity index is 1070. The van der Waals surface area contributed by atoms with E-state index in [1.54, 1.807) is 0 Å². The number of hydrogen-bond donors (Lipinski definition) is 8. The molecule has 4 rings (SSSR count). The van der Waals surface area contributed by atoms with Crippen molar-refractivity contribution in [1.29, 1.82) is 0 Å². The van der Waals surface area contributed by atoms with Crippen LogP contribution >= 0.6 is 12.6 Å². The molecule has 13 atom stereocenters. The van der Waals surface area contributed by atoms with Crippen LogP contribution in [0.5, 0.6) is 0 Å². The van der Waals surface area contributed by atoms with E-state index in [-0.39, 0.29) is 50.7 Å². The first-order valence-electron chi connectivity index (χ1n) is 17.3. The van der Waals surface area contributed by atoms with Crippen molar-refractivity contribution in [1.82, 2.24) is 5.32 Å². The fourth-order valence-corrected chi connectivity index (χ4v) is 6.98. The Hall–Kier alpha value is -1.48. The molecule has 0 aromatic carbocycles. The minimum Gasteiger partial charge on any atom is -0.479 e. The molecule has 0 aromatic heterocycles. The molecule has 3 aliphatic heterocycles. The lowest BCUT2D eigenvalue weighted by Gasteiger charge is -2.43. The van der Waals surface area contributed by atoms with Gasteiger partial charge in [-0.15, -0.1) is 0 Å². The first kappa shape index (κ1) is 40.3. The number of carbonyl (C=O) groups excluding carboxylic acids is 2. The summed E-state index contributed by atoms with van der Waals surface area (Å²) < 4.78 is 35.5. The third kappa shape index (κ3) is 11.0. The van der Waals surface area contributed by atoms with E-state index in [1.807, 2.05) is 0 Å². The van der Waals surface area contributed by atoms with E-state index in [9.17, 15) is 45.0 Å². The summed E-state index contributed by atoms with van der Waals surface area (Å²) in [6.45, 7) is 0.817. The summed E-state index contributed by atoms with van der Waals surface area (Å²) in [7, 11) is 0. The van der Waals surface area contributed by atoms with Crippen LogP contribution < -0.4 is 5.32 Å². The van der Waals surface area contributed by atoms with Gasteiger partial charge in [0.25, 0.3) is 0 Å². The van der Waals surface area contributed by atoms with Gasteiger partial charge in [-0.25, -0.2) is 4.79 Å². The molecule has 3 heterocycles. The van der Waals surface area contributed by atoms with Crippen molar-refractivity contribution in [2.75, 3.05) is 25.5 Å². The second-order valence-electron chi connectivity index (χ2n) is 13.4. The van der Waals surface area contributed by atoms with Crippen molar-refractivity contribution < 1.29 is 73.4 Å². The standard InChI is InChI=1S/C32H53NO15S/c1-16-25(38)18(35)13-19(36)31(44-16)48-28-20(9-10-43-22(28)14-33-24(37)8-5-11-49)46-32-27(40)29(26(39)23(15-34)47-32)45-21(30(41)42)12-17-6-3-2-4-7-17/h16-23,25-26,28-29,31-32,34-36,38-39,49H,2-15H2,1H3,(H,33,37)(H,41,42). The van der Waals surface area contributed by atoms with Gasteiger partial charge in [-0.2, -0.15) is 12.6 Å². The lowest BCUT2D eigenvalue weighted by molar-refractivity contribution is -0.306. The van der Waals surface area contributed by atoms with E-state index < -0.39 is 98.1 Å². The number of thiol groups is 1. The van der Waals surface area contributed by atoms with Crippen molar-refractivity contribution in [3.63, 3.8) is 0 Å². The van der Waals surface area contributed by atoms with Crippen LogP contribution in [0.2, 0.25) is 0 Å². The van der Waals surface area contributed by atoms with E-state index in [0.717, 1.165) is 32.1 Å². The predicted octanol–water partition coefficient (Wildman–Crippen LogP) is -0.954. The van der Waals surface area contributed by atoms with E-state index in [4.69, 9.17) is 28.4 Å². The van der Waals surface area contributed by atoms with Gasteiger partial charge in [0.15, 0.2) is 18.5 Å². The molecule has 4 fully saturated rings. The fraction of sp³-hybridized carbons (Fsp3) is 0.906. The Balaban J connectivity index is 1.54. The Labute approximate surface area is 291 Å². The third-order valence-corrected chi connectivity index (χ3v) is 10.00. The molecule has 0 spiro atoms. The zero-order valence-corrected chi connectivity index (χ0v) is 28.7. The van der Waals surface area contributed by atoms with Crippen LogP contribution in [0.4, 0.5) is 0 Å². The minimum atomic E-state index is -1.72. The average molecular weight is 724 g/mol. The van der Waals surface area contributed by atoms with Gasteiger partial charge in [0.05, 0.1) is 24.9 Å². The molecular weight excluding hydrogens is 670 g/mol. The molecule has 3 saturated heterocycles. The van der Waals surface area contributed by atoms with Crippen LogP contribution in [-0.4, -0.2) is 154 Å². The molecule has 282 valence electrons. The van der Waals surface area contributed by atoms with Gasteiger partial charge in [0, 0.05) is 26.0 Å². The Kier molecular flexibility index (Phi) is 15.9. The number of aliphatic hydroxyl groups is 5. The monoisotopic (exact) mass is 723 g/mol. The maximum absolute atomic E-state index is 13.8. The third-order valence-electron chi connectivity index (χ3n) is 9.68. The quantitative estimate of drug-likeness (QED) is 0.0951. The van der Waals surface area contributed by atoms with E-state index in [2.05, 4.69) is 17.9 Å². The smallest absolute Gasteiger partial charge is 0.332 e. The number of carboxylic acid groups (broad SMARTS) is 1. The highest BCUT2D eigenvalue weighted by Crippen LogP contribution is 2.33. The number of rotatable bonds is 15. The number of aliphatic carboxylic acids is 1. The van der Waals surface area contributed by atoms with Crippen molar-refractivity contribution in [2.45, 2.75) is 151 Å². The first-order chi connectivity index (χ1) is 23.4. The highest BCUT2D eigenvalue weighted by Gasteiger charge is 2.50. The summed E-state index contributed by atoms with van der Waals surface area (Å²) in [5, 5.41) is 65.1. The van der Waals surface area contributed by atoms with Crippen molar-refractivity contribution in [2.24, 2.45) is 5.92 Å². The summed E-state index contributed by atoms with van der Waals surface area (Å²) >= 11 is 4.13. The number of nitrogens with one attached hydrogen (secondary N) is 1. The number of amides is 1. The van der Waals surface area contributed by atoms with Crippen LogP contribution in [0.1, 0.15) is 71.1 Å². The maximum atomic E-state index is 13.8. The number of Topliss-reactive ketones (excluding diaryl/α,β-unsaturated/α-hetero) is 1. The maximum Gasteiger partial charge on any atom is 0.332 e. The van der Waals surface area contributed by atoms with Gasteiger partial charge < -0.3 is 64.4 Å². The van der Waals surface area contributed by atoms with E-state index in [1.165, 1.54) is 6.92 Å². The van der Waals surface area contributed by atoms with Crippen LogP contribution in [0, 0.1) is 5.92 Å². The molecule has 0 aromatic rings. The van der Waals surface area contributed by atoms with E-state index >= 15 is 0 Å². The van der Waals surface area contributed by atoms with Gasteiger partial charge in [-0.3, -0.25) is 9.59 Å². The molecule has 1 amide bonds. The molecule has 0 radical (unpaired) electrons. The zero-order valence-electron chi connectivity index (χ0n) is 27.8. The summed E-state index contributed by atoms with van der Waals surface area (Å²) in [6, 6.07) is 0. The van der Waals surface area contributed by atoms with Crippen molar-refractivity contribution in [3.8, 4) is 0 Å². The van der Waals surface area contributed by atoms with Gasteiger partial charge >= 0.3 is 5.97 Å². The number of ketones is 1. The summed E-state index contributed by atoms with van der Waals surface area (Å²) in [5.74, 6) is -1.83. The summed E-state index contributed by atoms with van der Waals surface area (Å²) in [4.78, 5) is 38.4. The van der Waals surface area contributed by atoms with Gasteiger partial charge in [0.1, 0.15) is 36.6 Å². The highest BCUT2D eigenvalue weighted by molar-refractivity contribution is 7.80. The normalized spacial score (nSPS) is 38.5. The Morgan fingerprint density at radius 2 is 1.73 bits per heavy atom. The SMILES string of the molecule is CC1OC(OC2C(CNC(=O)CCCS)OCCC2OC2OC(CO)C(O)C(OC(CC3CCCCC3)C(=O)O)C2=O)C(O)CC(O)C1O. The number of carboxylic acids is 1. The molecule has 7 N–H and O–H groups in total. The molecule has 49 heavy (non-hydrogen) atoms. The molecule has 13 unspecified atom stereocenters. The highest BCUT2D eigenvalue weighted by atomic mass is 32.1. The summed E-state index contributed by atoms with van der Waals surface area (Å²) in [5.41, 5.74) is 0. The number of ether oxygens (including phenoxy) is 6. The van der Waals surface area contributed by atoms with Crippen LogP contribution in [0.25, 0.3) is 0 Å². The Morgan fingerprint density at radius 3 is 2.41 bits per heavy atom. The van der Waals surface area contributed by atoms with Gasteiger partial charge in [-0.05, 0) is 37.9 Å². The number of carbonyl (C=O) groups is 3. The van der Waals surface area contributed by atoms with Crippen LogP contribution in [-0.2, 0) is 42.8 Å². The van der Waals surface area contributed by atoms with E-state index in [0.29, 0.717) is 12.2 Å². The minimum absolute atomic E-state index is 0.0514. The van der Waals surface area contributed by atoms with Crippen molar-refractivity contribution in [3.05, 3.63) is 0 Å². The van der Waals surface area contributed by atoms with Crippen molar-refractivity contribution >= 4 is 30.3 Å². The lowest BCUT2D eigenvalue weighted by atomic mass is 9.85. The largest absolute Gasteiger partial charge is 0.479 e. The summed E-state index contributed by atoms with van der Waals surface area (Å²) in [6.07, 6.45) is -11.7. The first-order valence-corrected chi connectivity index (χ1v) is 17.9. The predicted molar refractivity (Wildman–Crippen MR) is 171 cm³/mol. The lowest BCUT2D eigenvalue weighted by Crippen LogP contribution is -2.61. The molecule has 17 heteroatoms. The second-order valence-corrected chi connectivity index (χ2v) is 13.8. The molecule has 1 aliphatic carbocycles. The molecular formula is C32H53NO15S. The number of aliphatic hydroxyl groups excluding tert-OH is 5.